The maximum absolute atomic E-state index is 11.0. The van der Waals surface area contributed by atoms with Gasteiger partial charge in [-0.3, -0.25) is 4.79 Å². The van der Waals surface area contributed by atoms with Gasteiger partial charge in [-0.05, 0) is 13.8 Å². The van der Waals surface area contributed by atoms with Crippen LogP contribution in [0.4, 0.5) is 5.13 Å². The molecule has 0 aliphatic rings. The summed E-state index contributed by atoms with van der Waals surface area (Å²) in [5.41, 5.74) is 0.840. The van der Waals surface area contributed by atoms with Crippen LogP contribution >= 0.6 is 11.3 Å². The van der Waals surface area contributed by atoms with Crippen LogP contribution in [0.3, 0.4) is 0 Å². The second kappa shape index (κ2) is 4.95. The Kier molecular flexibility index (Phi) is 4.08. The van der Waals surface area contributed by atoms with E-state index in [1.165, 1.54) is 11.3 Å². The summed E-state index contributed by atoms with van der Waals surface area (Å²) in [5, 5.41) is 0.956. The molecule has 0 amide bonds. The third-order valence-electron chi connectivity index (χ3n) is 2.49. The van der Waals surface area contributed by atoms with E-state index in [4.69, 9.17) is 0 Å². The highest BCUT2D eigenvalue weighted by Crippen LogP contribution is 2.32. The summed E-state index contributed by atoms with van der Waals surface area (Å²) in [4.78, 5) is 18.6. The van der Waals surface area contributed by atoms with Crippen molar-refractivity contribution in [3.8, 4) is 0 Å². The zero-order valence-electron chi connectivity index (χ0n) is 10.7. The van der Waals surface area contributed by atoms with Crippen molar-refractivity contribution in [1.29, 1.82) is 0 Å². The Hall–Kier alpha value is -0.900. The first-order valence-corrected chi connectivity index (χ1v) is 6.47. The molecule has 0 saturated carbocycles. The highest BCUT2D eigenvalue weighted by molar-refractivity contribution is 7.17. The van der Waals surface area contributed by atoms with Crippen molar-refractivity contribution in [2.45, 2.75) is 40.0 Å². The van der Waals surface area contributed by atoms with Crippen LogP contribution in [-0.4, -0.2) is 24.4 Å². The molecule has 1 rings (SSSR count). The smallest absolute Gasteiger partial charge is 0.186 e. The van der Waals surface area contributed by atoms with E-state index in [0.29, 0.717) is 0 Å². The van der Waals surface area contributed by atoms with Crippen LogP contribution in [0.5, 0.6) is 0 Å². The molecule has 0 unspecified atom stereocenters. The molecule has 0 saturated heterocycles. The van der Waals surface area contributed by atoms with Gasteiger partial charge >= 0.3 is 0 Å². The number of anilines is 1. The molecule has 1 heterocycles. The van der Waals surface area contributed by atoms with Gasteiger partial charge in [-0.25, -0.2) is 4.98 Å². The number of nitrogens with zero attached hydrogens (tertiary/aromatic N) is 2. The second-order valence-corrected chi connectivity index (χ2v) is 5.76. The molecule has 90 valence electrons. The molecule has 4 heteroatoms. The topological polar surface area (TPSA) is 33.2 Å². The molecule has 0 radical (unpaired) electrons. The van der Waals surface area contributed by atoms with E-state index in [1.54, 1.807) is 0 Å². The maximum Gasteiger partial charge on any atom is 0.186 e. The summed E-state index contributed by atoms with van der Waals surface area (Å²) in [6, 6.07) is 0. The monoisotopic (exact) mass is 240 g/mol. The molecule has 0 bridgehead atoms. The largest absolute Gasteiger partial charge is 0.349 e. The molecule has 0 aliphatic heterocycles. The number of aromatic nitrogens is 1. The standard InChI is InChI=1S/C12H20N2OS/c1-6-14(7-2)11-13-10(12(3,4)5)9(8-15)16-11/h8H,6-7H2,1-5H3. The van der Waals surface area contributed by atoms with Crippen molar-refractivity contribution >= 4 is 22.8 Å². The normalized spacial score (nSPS) is 11.6. The third-order valence-corrected chi connectivity index (χ3v) is 3.54. The van der Waals surface area contributed by atoms with E-state index in [-0.39, 0.29) is 5.41 Å². The van der Waals surface area contributed by atoms with Crippen LogP contribution < -0.4 is 4.90 Å². The lowest BCUT2D eigenvalue weighted by atomic mass is 9.91. The van der Waals surface area contributed by atoms with E-state index < -0.39 is 0 Å². The highest BCUT2D eigenvalue weighted by Gasteiger charge is 2.24. The first kappa shape index (κ1) is 13.2. The lowest BCUT2D eigenvalue weighted by Crippen LogP contribution is -2.22. The van der Waals surface area contributed by atoms with Gasteiger partial charge in [0.15, 0.2) is 11.4 Å². The summed E-state index contributed by atoms with van der Waals surface area (Å²) in [6.07, 6.45) is 0.922. The number of hydrogen-bond donors (Lipinski definition) is 0. The Bertz CT molecular complexity index is 362. The Balaban J connectivity index is 3.17. The summed E-state index contributed by atoms with van der Waals surface area (Å²) in [7, 11) is 0. The van der Waals surface area contributed by atoms with Gasteiger partial charge in [0, 0.05) is 18.5 Å². The molecule has 0 aromatic carbocycles. The molecule has 16 heavy (non-hydrogen) atoms. The predicted octanol–water partition coefficient (Wildman–Crippen LogP) is 3.10. The Labute approximate surface area is 101 Å². The van der Waals surface area contributed by atoms with Gasteiger partial charge in [0.05, 0.1) is 10.6 Å². The fourth-order valence-electron chi connectivity index (χ4n) is 1.57. The quantitative estimate of drug-likeness (QED) is 0.758. The Morgan fingerprint density at radius 3 is 2.19 bits per heavy atom. The van der Waals surface area contributed by atoms with Gasteiger partial charge in [0.1, 0.15) is 0 Å². The second-order valence-electron chi connectivity index (χ2n) is 4.75. The summed E-state index contributed by atoms with van der Waals surface area (Å²) in [5.74, 6) is 0. The molecule has 1 aromatic heterocycles. The van der Waals surface area contributed by atoms with Crippen molar-refractivity contribution < 1.29 is 4.79 Å². The summed E-state index contributed by atoms with van der Waals surface area (Å²) >= 11 is 1.49. The fourth-order valence-corrected chi connectivity index (χ4v) is 2.78. The summed E-state index contributed by atoms with van der Waals surface area (Å²) < 4.78 is 0. The van der Waals surface area contributed by atoms with Crippen molar-refractivity contribution in [1.82, 2.24) is 4.98 Å². The average molecular weight is 240 g/mol. The van der Waals surface area contributed by atoms with Gasteiger partial charge < -0.3 is 4.90 Å². The van der Waals surface area contributed by atoms with Crippen LogP contribution in [0, 0.1) is 0 Å². The lowest BCUT2D eigenvalue weighted by molar-refractivity contribution is 0.112. The zero-order chi connectivity index (χ0) is 12.3. The first-order chi connectivity index (χ1) is 7.43. The molecular formula is C12H20N2OS. The first-order valence-electron chi connectivity index (χ1n) is 5.65. The molecular weight excluding hydrogens is 220 g/mol. The molecule has 0 aliphatic carbocycles. The summed E-state index contributed by atoms with van der Waals surface area (Å²) in [6.45, 7) is 12.3. The van der Waals surface area contributed by atoms with Crippen LogP contribution in [0.2, 0.25) is 0 Å². The van der Waals surface area contributed by atoms with E-state index in [0.717, 1.165) is 35.1 Å². The van der Waals surface area contributed by atoms with Gasteiger partial charge in [-0.15, -0.1) is 0 Å². The van der Waals surface area contributed by atoms with Crippen molar-refractivity contribution in [2.24, 2.45) is 0 Å². The third kappa shape index (κ3) is 2.61. The van der Waals surface area contributed by atoms with Crippen LogP contribution in [0.1, 0.15) is 50.0 Å². The van der Waals surface area contributed by atoms with Gasteiger partial charge in [0.25, 0.3) is 0 Å². The average Bonchev–Trinajstić information content (AvgIpc) is 2.63. The molecule has 0 atom stereocenters. The number of carbonyl (C=O) groups is 1. The fraction of sp³-hybridized carbons (Fsp3) is 0.667. The predicted molar refractivity (Wildman–Crippen MR) is 69.8 cm³/mol. The van der Waals surface area contributed by atoms with Crippen molar-refractivity contribution in [3.05, 3.63) is 10.6 Å². The van der Waals surface area contributed by atoms with Crippen LogP contribution in [-0.2, 0) is 5.41 Å². The number of carbonyl (C=O) groups excluding carboxylic acids is 1. The molecule has 1 aromatic rings. The molecule has 0 spiro atoms. The maximum atomic E-state index is 11.0. The molecule has 0 N–H and O–H groups in total. The van der Waals surface area contributed by atoms with Gasteiger partial charge in [-0.1, -0.05) is 32.1 Å². The van der Waals surface area contributed by atoms with Crippen LogP contribution in [0.25, 0.3) is 0 Å². The number of aldehydes is 1. The van der Waals surface area contributed by atoms with Crippen molar-refractivity contribution in [3.63, 3.8) is 0 Å². The number of thiazole rings is 1. The van der Waals surface area contributed by atoms with E-state index in [9.17, 15) is 4.79 Å². The lowest BCUT2D eigenvalue weighted by Gasteiger charge is -2.18. The highest BCUT2D eigenvalue weighted by atomic mass is 32.1. The number of rotatable bonds is 4. The minimum Gasteiger partial charge on any atom is -0.349 e. The van der Waals surface area contributed by atoms with Gasteiger partial charge in [0.2, 0.25) is 0 Å². The van der Waals surface area contributed by atoms with Crippen molar-refractivity contribution in [2.75, 3.05) is 18.0 Å². The van der Waals surface area contributed by atoms with E-state index in [2.05, 4.69) is 44.5 Å². The minimum absolute atomic E-state index is 0.0713. The SMILES string of the molecule is CCN(CC)c1nc(C(C)(C)C)c(C=O)s1. The van der Waals surface area contributed by atoms with E-state index >= 15 is 0 Å². The Morgan fingerprint density at radius 2 is 1.88 bits per heavy atom. The van der Waals surface area contributed by atoms with Gasteiger partial charge in [-0.2, -0.15) is 0 Å². The van der Waals surface area contributed by atoms with Crippen LogP contribution in [0.15, 0.2) is 0 Å². The Morgan fingerprint density at radius 1 is 1.31 bits per heavy atom. The minimum atomic E-state index is -0.0713. The number of hydrogen-bond acceptors (Lipinski definition) is 4. The molecule has 0 fully saturated rings. The van der Waals surface area contributed by atoms with E-state index in [1.807, 2.05) is 0 Å². The zero-order valence-corrected chi connectivity index (χ0v) is 11.5. The molecule has 3 nitrogen and oxygen atoms in total.